The van der Waals surface area contributed by atoms with Crippen molar-refractivity contribution in [3.8, 4) is 0 Å². The fourth-order valence-electron chi connectivity index (χ4n) is 4.35. The van der Waals surface area contributed by atoms with E-state index in [1.165, 1.54) is 5.69 Å². The van der Waals surface area contributed by atoms with Crippen LogP contribution in [0.4, 0.5) is 10.5 Å². The molecule has 0 radical (unpaired) electrons. The molecular formula is C25H33N3O4. The number of hydrogen-bond donors (Lipinski definition) is 1. The predicted octanol–water partition coefficient (Wildman–Crippen LogP) is 2.90. The van der Waals surface area contributed by atoms with Gasteiger partial charge in [0, 0.05) is 51.6 Å². The third-order valence-electron chi connectivity index (χ3n) is 6.19. The van der Waals surface area contributed by atoms with E-state index in [0.717, 1.165) is 50.3 Å². The molecule has 2 heterocycles. The standard InChI is InChI=1S/C25H33N3O4/c29-16-5-10-26-11-13-27(14-12-26)23-9-4-8-22(18-23)24-20-31-17-15-28(24)25(30)32-19-21-6-2-1-3-7-21/h1-4,6-9,18,24,29H,5,10-17,19-20H2. The lowest BCUT2D eigenvalue weighted by Crippen LogP contribution is -2.47. The highest BCUT2D eigenvalue weighted by molar-refractivity contribution is 5.69. The Kier molecular flexibility index (Phi) is 7.98. The van der Waals surface area contributed by atoms with Gasteiger partial charge in [0.1, 0.15) is 6.61 Å². The summed E-state index contributed by atoms with van der Waals surface area (Å²) in [5, 5.41) is 9.05. The van der Waals surface area contributed by atoms with Crippen molar-refractivity contribution in [2.24, 2.45) is 0 Å². The van der Waals surface area contributed by atoms with Crippen molar-refractivity contribution in [2.75, 3.05) is 64.0 Å². The van der Waals surface area contributed by atoms with Gasteiger partial charge in [-0.25, -0.2) is 4.79 Å². The molecule has 0 spiro atoms. The summed E-state index contributed by atoms with van der Waals surface area (Å²) < 4.78 is 11.3. The number of aliphatic hydroxyl groups excluding tert-OH is 1. The van der Waals surface area contributed by atoms with Gasteiger partial charge in [-0.1, -0.05) is 42.5 Å². The van der Waals surface area contributed by atoms with Crippen molar-refractivity contribution in [1.29, 1.82) is 0 Å². The number of piperazine rings is 1. The summed E-state index contributed by atoms with van der Waals surface area (Å²) in [5.74, 6) is 0. The molecule has 2 fully saturated rings. The normalized spacial score (nSPS) is 19.7. The number of aliphatic hydroxyl groups is 1. The van der Waals surface area contributed by atoms with Crippen molar-refractivity contribution in [2.45, 2.75) is 19.1 Å². The molecule has 0 saturated carbocycles. The molecule has 1 amide bonds. The predicted molar refractivity (Wildman–Crippen MR) is 124 cm³/mol. The van der Waals surface area contributed by atoms with Gasteiger partial charge in [0.15, 0.2) is 0 Å². The molecule has 1 atom stereocenters. The molecule has 4 rings (SSSR count). The summed E-state index contributed by atoms with van der Waals surface area (Å²) in [6.45, 7) is 6.88. The van der Waals surface area contributed by atoms with Gasteiger partial charge >= 0.3 is 6.09 Å². The van der Waals surface area contributed by atoms with Crippen molar-refractivity contribution in [1.82, 2.24) is 9.80 Å². The van der Waals surface area contributed by atoms with E-state index in [1.807, 2.05) is 30.3 Å². The zero-order valence-corrected chi connectivity index (χ0v) is 18.6. The minimum atomic E-state index is -0.301. The largest absolute Gasteiger partial charge is 0.445 e. The van der Waals surface area contributed by atoms with Crippen LogP contribution < -0.4 is 4.90 Å². The number of carbonyl (C=O) groups is 1. The maximum absolute atomic E-state index is 12.9. The second-order valence-corrected chi connectivity index (χ2v) is 8.33. The Balaban J connectivity index is 1.39. The molecule has 32 heavy (non-hydrogen) atoms. The summed E-state index contributed by atoms with van der Waals surface area (Å²) >= 11 is 0. The molecule has 1 unspecified atom stereocenters. The fourth-order valence-corrected chi connectivity index (χ4v) is 4.35. The third kappa shape index (κ3) is 5.79. The molecule has 7 nitrogen and oxygen atoms in total. The van der Waals surface area contributed by atoms with Gasteiger partial charge in [0.25, 0.3) is 0 Å². The van der Waals surface area contributed by atoms with Crippen LogP contribution in [0.3, 0.4) is 0 Å². The summed E-state index contributed by atoms with van der Waals surface area (Å²) in [6.07, 6.45) is 0.526. The first kappa shape index (κ1) is 22.6. The van der Waals surface area contributed by atoms with Gasteiger partial charge in [-0.3, -0.25) is 9.80 Å². The minimum absolute atomic E-state index is 0.155. The van der Waals surface area contributed by atoms with Crippen LogP contribution in [0.5, 0.6) is 0 Å². The highest BCUT2D eigenvalue weighted by Crippen LogP contribution is 2.28. The van der Waals surface area contributed by atoms with Gasteiger partial charge in [-0.05, 0) is 29.7 Å². The number of morpholine rings is 1. The highest BCUT2D eigenvalue weighted by atomic mass is 16.6. The van der Waals surface area contributed by atoms with Crippen LogP contribution in [0.25, 0.3) is 0 Å². The van der Waals surface area contributed by atoms with Gasteiger partial charge < -0.3 is 19.5 Å². The smallest absolute Gasteiger partial charge is 0.410 e. The van der Waals surface area contributed by atoms with Crippen LogP contribution in [-0.2, 0) is 16.1 Å². The van der Waals surface area contributed by atoms with Gasteiger partial charge in [-0.2, -0.15) is 0 Å². The zero-order chi connectivity index (χ0) is 22.2. The van der Waals surface area contributed by atoms with Crippen molar-refractivity contribution in [3.05, 3.63) is 65.7 Å². The Morgan fingerprint density at radius 2 is 1.84 bits per heavy atom. The van der Waals surface area contributed by atoms with Crippen LogP contribution in [0, 0.1) is 0 Å². The molecule has 2 aromatic carbocycles. The van der Waals surface area contributed by atoms with Crippen LogP contribution in [0.2, 0.25) is 0 Å². The SMILES string of the molecule is O=C(OCc1ccccc1)N1CCOCC1c1cccc(N2CCN(CCCO)CC2)c1. The molecule has 2 saturated heterocycles. The number of hydrogen-bond acceptors (Lipinski definition) is 6. The maximum Gasteiger partial charge on any atom is 0.410 e. The van der Waals surface area contributed by atoms with Crippen LogP contribution in [-0.4, -0.2) is 80.1 Å². The molecule has 2 aliphatic rings. The zero-order valence-electron chi connectivity index (χ0n) is 18.6. The molecule has 7 heteroatoms. The minimum Gasteiger partial charge on any atom is -0.445 e. The number of carbonyl (C=O) groups excluding carboxylic acids is 1. The molecule has 0 aromatic heterocycles. The van der Waals surface area contributed by atoms with Gasteiger partial charge in [0.2, 0.25) is 0 Å². The van der Waals surface area contributed by atoms with Crippen molar-refractivity contribution >= 4 is 11.8 Å². The lowest BCUT2D eigenvalue weighted by molar-refractivity contribution is -0.0116. The first-order valence-corrected chi connectivity index (χ1v) is 11.5. The van der Waals surface area contributed by atoms with Crippen molar-refractivity contribution < 1.29 is 19.4 Å². The Labute approximate surface area is 190 Å². The second kappa shape index (κ2) is 11.3. The Morgan fingerprint density at radius 3 is 2.62 bits per heavy atom. The van der Waals surface area contributed by atoms with E-state index in [-0.39, 0.29) is 25.3 Å². The van der Waals surface area contributed by atoms with Gasteiger partial charge in [-0.15, -0.1) is 0 Å². The number of nitrogens with zero attached hydrogens (tertiary/aromatic N) is 3. The molecule has 172 valence electrons. The van der Waals surface area contributed by atoms with E-state index in [0.29, 0.717) is 19.8 Å². The quantitative estimate of drug-likeness (QED) is 0.716. The monoisotopic (exact) mass is 439 g/mol. The average Bonchev–Trinajstić information content (AvgIpc) is 2.87. The second-order valence-electron chi connectivity index (χ2n) is 8.33. The Bertz CT molecular complexity index is 855. The third-order valence-corrected chi connectivity index (χ3v) is 6.19. The summed E-state index contributed by atoms with van der Waals surface area (Å²) in [5.41, 5.74) is 3.22. The topological polar surface area (TPSA) is 65.5 Å². The van der Waals surface area contributed by atoms with E-state index in [4.69, 9.17) is 14.6 Å². The Morgan fingerprint density at radius 1 is 1.03 bits per heavy atom. The lowest BCUT2D eigenvalue weighted by atomic mass is 10.0. The number of anilines is 1. The first-order valence-electron chi connectivity index (χ1n) is 11.5. The molecule has 0 bridgehead atoms. The average molecular weight is 440 g/mol. The van der Waals surface area contributed by atoms with Crippen LogP contribution in [0.15, 0.2) is 54.6 Å². The summed E-state index contributed by atoms with van der Waals surface area (Å²) in [6, 6.07) is 18.0. The molecule has 2 aliphatic heterocycles. The molecular weight excluding hydrogens is 406 g/mol. The molecule has 0 aliphatic carbocycles. The molecule has 1 N–H and O–H groups in total. The summed E-state index contributed by atoms with van der Waals surface area (Å²) in [7, 11) is 0. The highest BCUT2D eigenvalue weighted by Gasteiger charge is 2.30. The van der Waals surface area contributed by atoms with Crippen molar-refractivity contribution in [3.63, 3.8) is 0 Å². The maximum atomic E-state index is 12.9. The first-order chi connectivity index (χ1) is 15.7. The lowest BCUT2D eigenvalue weighted by Gasteiger charge is -2.37. The van der Waals surface area contributed by atoms with Crippen LogP contribution in [0.1, 0.15) is 23.6 Å². The number of amides is 1. The van der Waals surface area contributed by atoms with Crippen LogP contribution >= 0.6 is 0 Å². The molecule has 2 aromatic rings. The number of benzene rings is 2. The Hall–Kier alpha value is -2.61. The van der Waals surface area contributed by atoms with E-state index >= 15 is 0 Å². The van der Waals surface area contributed by atoms with E-state index in [1.54, 1.807) is 4.90 Å². The summed E-state index contributed by atoms with van der Waals surface area (Å²) in [4.78, 5) is 19.5. The fraction of sp³-hybridized carbons (Fsp3) is 0.480. The van der Waals surface area contributed by atoms with E-state index in [2.05, 4.69) is 34.1 Å². The van der Waals surface area contributed by atoms with E-state index in [9.17, 15) is 4.79 Å². The number of ether oxygens (including phenoxy) is 2. The number of rotatable bonds is 7. The van der Waals surface area contributed by atoms with Gasteiger partial charge in [0.05, 0.1) is 19.3 Å². The van der Waals surface area contributed by atoms with E-state index < -0.39 is 0 Å².